The maximum Gasteiger partial charge on any atom is 0.337 e. The highest BCUT2D eigenvalue weighted by molar-refractivity contribution is 5.96. The minimum atomic E-state index is -0.444. The lowest BCUT2D eigenvalue weighted by Crippen LogP contribution is -2.30. The van der Waals surface area contributed by atoms with Crippen molar-refractivity contribution < 1.29 is 19.1 Å². The molecule has 22 heavy (non-hydrogen) atoms. The fourth-order valence-corrected chi connectivity index (χ4v) is 1.62. The van der Waals surface area contributed by atoms with Crippen LogP contribution in [0.5, 0.6) is 0 Å². The summed E-state index contributed by atoms with van der Waals surface area (Å²) in [7, 11) is 1.30. The van der Waals surface area contributed by atoms with Crippen LogP contribution >= 0.6 is 0 Å². The van der Waals surface area contributed by atoms with Crippen LogP contribution < -0.4 is 10.6 Å². The fourth-order valence-electron chi connectivity index (χ4n) is 1.62. The molecule has 6 nitrogen and oxygen atoms in total. The topological polar surface area (TPSA) is 84.5 Å². The predicted octanol–water partition coefficient (Wildman–Crippen LogP) is 1.29. The van der Waals surface area contributed by atoms with E-state index in [1.807, 2.05) is 0 Å². The van der Waals surface area contributed by atoms with Crippen LogP contribution in [0.25, 0.3) is 0 Å². The van der Waals surface area contributed by atoms with Gasteiger partial charge in [-0.1, -0.05) is 6.58 Å². The van der Waals surface area contributed by atoms with E-state index < -0.39 is 5.97 Å². The first-order valence-electron chi connectivity index (χ1n) is 6.86. The molecule has 0 heterocycles. The second-order valence-electron chi connectivity index (χ2n) is 4.71. The SMILES string of the molecule is C=C(C)C(=O)NCCCNC(=O)c1ccc(C(=O)OC)cc1. The van der Waals surface area contributed by atoms with Crippen molar-refractivity contribution in [2.75, 3.05) is 20.2 Å². The van der Waals surface area contributed by atoms with Crippen LogP contribution in [-0.4, -0.2) is 38.0 Å². The summed E-state index contributed by atoms with van der Waals surface area (Å²) in [6, 6.07) is 6.19. The van der Waals surface area contributed by atoms with Gasteiger partial charge in [0.25, 0.3) is 5.91 Å². The zero-order chi connectivity index (χ0) is 16.5. The number of amides is 2. The van der Waals surface area contributed by atoms with Gasteiger partial charge in [-0.2, -0.15) is 0 Å². The summed E-state index contributed by atoms with van der Waals surface area (Å²) in [5.74, 6) is -0.868. The first kappa shape index (κ1) is 17.4. The van der Waals surface area contributed by atoms with Gasteiger partial charge in [0, 0.05) is 24.2 Å². The van der Waals surface area contributed by atoms with Crippen LogP contribution in [0.4, 0.5) is 0 Å². The maximum atomic E-state index is 11.9. The van der Waals surface area contributed by atoms with E-state index in [9.17, 15) is 14.4 Å². The largest absolute Gasteiger partial charge is 0.465 e. The summed E-state index contributed by atoms with van der Waals surface area (Å²) in [4.78, 5) is 34.4. The van der Waals surface area contributed by atoms with E-state index in [0.717, 1.165) is 0 Å². The molecule has 118 valence electrons. The number of nitrogens with one attached hydrogen (secondary N) is 2. The predicted molar refractivity (Wildman–Crippen MR) is 82.6 cm³/mol. The molecule has 0 unspecified atom stereocenters. The molecule has 0 saturated heterocycles. The standard InChI is InChI=1S/C16H20N2O4/c1-11(2)14(19)17-9-4-10-18-15(20)12-5-7-13(8-6-12)16(21)22-3/h5-8H,1,4,9-10H2,2-3H3,(H,17,19)(H,18,20). The first-order valence-corrected chi connectivity index (χ1v) is 6.86. The van der Waals surface area contributed by atoms with Crippen molar-refractivity contribution in [3.63, 3.8) is 0 Å². The number of rotatable bonds is 7. The van der Waals surface area contributed by atoms with E-state index >= 15 is 0 Å². The van der Waals surface area contributed by atoms with E-state index in [-0.39, 0.29) is 11.8 Å². The normalized spacial score (nSPS) is 9.73. The molecule has 0 saturated carbocycles. The lowest BCUT2D eigenvalue weighted by atomic mass is 10.1. The third kappa shape index (κ3) is 5.40. The molecule has 2 N–H and O–H groups in total. The highest BCUT2D eigenvalue weighted by atomic mass is 16.5. The van der Waals surface area contributed by atoms with Gasteiger partial charge in [-0.3, -0.25) is 9.59 Å². The van der Waals surface area contributed by atoms with Gasteiger partial charge in [0.15, 0.2) is 0 Å². The van der Waals surface area contributed by atoms with Crippen LogP contribution in [0.15, 0.2) is 36.4 Å². The van der Waals surface area contributed by atoms with Crippen molar-refractivity contribution in [2.45, 2.75) is 13.3 Å². The average Bonchev–Trinajstić information content (AvgIpc) is 2.53. The Morgan fingerprint density at radius 3 is 2.14 bits per heavy atom. The smallest absolute Gasteiger partial charge is 0.337 e. The summed E-state index contributed by atoms with van der Waals surface area (Å²) < 4.78 is 4.58. The summed E-state index contributed by atoms with van der Waals surface area (Å²) in [6.45, 7) is 6.07. The Morgan fingerprint density at radius 1 is 1.05 bits per heavy atom. The Balaban J connectivity index is 2.35. The summed E-state index contributed by atoms with van der Waals surface area (Å²) in [5, 5.41) is 5.42. The lowest BCUT2D eigenvalue weighted by Gasteiger charge is -2.07. The van der Waals surface area contributed by atoms with Crippen LogP contribution in [-0.2, 0) is 9.53 Å². The molecular formula is C16H20N2O4. The minimum absolute atomic E-state index is 0.190. The highest BCUT2D eigenvalue weighted by Crippen LogP contribution is 2.05. The molecule has 1 aromatic carbocycles. The summed E-state index contributed by atoms with van der Waals surface area (Å²) >= 11 is 0. The van der Waals surface area contributed by atoms with E-state index in [0.29, 0.717) is 36.2 Å². The number of hydrogen-bond donors (Lipinski definition) is 2. The van der Waals surface area contributed by atoms with Gasteiger partial charge in [-0.15, -0.1) is 0 Å². The van der Waals surface area contributed by atoms with E-state index in [2.05, 4.69) is 21.9 Å². The van der Waals surface area contributed by atoms with Crippen LogP contribution in [0, 0.1) is 0 Å². The second-order valence-corrected chi connectivity index (χ2v) is 4.71. The third-order valence-electron chi connectivity index (χ3n) is 2.88. The van der Waals surface area contributed by atoms with Crippen molar-refractivity contribution in [3.05, 3.63) is 47.5 Å². The van der Waals surface area contributed by atoms with Crippen molar-refractivity contribution >= 4 is 17.8 Å². The van der Waals surface area contributed by atoms with Gasteiger partial charge >= 0.3 is 5.97 Å². The van der Waals surface area contributed by atoms with Gasteiger partial charge in [-0.25, -0.2) is 4.79 Å². The van der Waals surface area contributed by atoms with E-state index in [4.69, 9.17) is 0 Å². The van der Waals surface area contributed by atoms with Crippen molar-refractivity contribution in [1.29, 1.82) is 0 Å². The molecule has 0 bridgehead atoms. The number of hydrogen-bond acceptors (Lipinski definition) is 4. The van der Waals surface area contributed by atoms with Gasteiger partial charge in [0.05, 0.1) is 12.7 Å². The lowest BCUT2D eigenvalue weighted by molar-refractivity contribution is -0.117. The number of ether oxygens (including phenoxy) is 1. The Morgan fingerprint density at radius 2 is 1.59 bits per heavy atom. The zero-order valence-electron chi connectivity index (χ0n) is 12.8. The number of carbonyl (C=O) groups excluding carboxylic acids is 3. The molecule has 0 aromatic heterocycles. The van der Waals surface area contributed by atoms with E-state index in [1.54, 1.807) is 19.1 Å². The first-order chi connectivity index (χ1) is 10.5. The molecule has 6 heteroatoms. The third-order valence-corrected chi connectivity index (χ3v) is 2.88. The van der Waals surface area contributed by atoms with Crippen molar-refractivity contribution in [3.8, 4) is 0 Å². The molecule has 0 aliphatic carbocycles. The molecule has 0 radical (unpaired) electrons. The number of methoxy groups -OCH3 is 1. The molecular weight excluding hydrogens is 284 g/mol. The number of carbonyl (C=O) groups is 3. The van der Waals surface area contributed by atoms with Gasteiger partial charge in [0.2, 0.25) is 5.91 Å². The highest BCUT2D eigenvalue weighted by Gasteiger charge is 2.08. The molecule has 0 atom stereocenters. The Kier molecular flexibility index (Phi) is 6.82. The Labute approximate surface area is 129 Å². The molecule has 1 rings (SSSR count). The molecule has 0 aliphatic rings. The van der Waals surface area contributed by atoms with Crippen LogP contribution in [0.3, 0.4) is 0 Å². The van der Waals surface area contributed by atoms with Crippen LogP contribution in [0.2, 0.25) is 0 Å². The fraction of sp³-hybridized carbons (Fsp3) is 0.312. The average molecular weight is 304 g/mol. The van der Waals surface area contributed by atoms with Gasteiger partial charge < -0.3 is 15.4 Å². The molecule has 2 amide bonds. The molecule has 0 spiro atoms. The van der Waals surface area contributed by atoms with Gasteiger partial charge in [-0.05, 0) is 37.6 Å². The van der Waals surface area contributed by atoms with Crippen molar-refractivity contribution in [1.82, 2.24) is 10.6 Å². The zero-order valence-corrected chi connectivity index (χ0v) is 12.8. The minimum Gasteiger partial charge on any atom is -0.465 e. The van der Waals surface area contributed by atoms with Crippen LogP contribution in [0.1, 0.15) is 34.1 Å². The molecule has 0 aliphatic heterocycles. The molecule has 1 aromatic rings. The number of esters is 1. The summed E-state index contributed by atoms with van der Waals surface area (Å²) in [6.07, 6.45) is 0.616. The monoisotopic (exact) mass is 304 g/mol. The maximum absolute atomic E-state index is 11.9. The number of benzene rings is 1. The Bertz CT molecular complexity index is 564. The van der Waals surface area contributed by atoms with E-state index in [1.165, 1.54) is 19.2 Å². The van der Waals surface area contributed by atoms with Gasteiger partial charge in [0.1, 0.15) is 0 Å². The quantitative estimate of drug-likeness (QED) is 0.451. The second kappa shape index (κ2) is 8.61. The Hall–Kier alpha value is -2.63. The van der Waals surface area contributed by atoms with Crippen molar-refractivity contribution in [2.24, 2.45) is 0 Å². The molecule has 0 fully saturated rings. The summed E-state index contributed by atoms with van der Waals surface area (Å²) in [5.41, 5.74) is 1.30.